The Morgan fingerprint density at radius 1 is 1.16 bits per heavy atom. The van der Waals surface area contributed by atoms with Gasteiger partial charge in [0.1, 0.15) is 0 Å². The lowest BCUT2D eigenvalue weighted by molar-refractivity contribution is -0.170. The van der Waals surface area contributed by atoms with Crippen molar-refractivity contribution in [1.29, 1.82) is 0 Å². The predicted molar refractivity (Wildman–Crippen MR) is 116 cm³/mol. The second-order valence-electron chi connectivity index (χ2n) is 8.20. The quantitative estimate of drug-likeness (QED) is 0.600. The summed E-state index contributed by atoms with van der Waals surface area (Å²) in [5, 5.41) is 18.7. The molecule has 2 saturated heterocycles. The smallest absolute Gasteiger partial charge is 0.332 e. The fourth-order valence-corrected chi connectivity index (χ4v) is 7.10. The van der Waals surface area contributed by atoms with Crippen LogP contribution in [0.5, 0.6) is 0 Å². The lowest BCUT2D eigenvalue weighted by Crippen LogP contribution is -2.71. The molecule has 1 amide bonds. The maximum Gasteiger partial charge on any atom is 0.332 e. The van der Waals surface area contributed by atoms with Gasteiger partial charge in [0.2, 0.25) is 5.91 Å². The summed E-state index contributed by atoms with van der Waals surface area (Å²) in [5.41, 5.74) is 0.232. The minimum atomic E-state index is -1.49. The summed E-state index contributed by atoms with van der Waals surface area (Å²) in [5.74, 6) is -1.68. The van der Waals surface area contributed by atoms with Crippen LogP contribution in [0.3, 0.4) is 0 Å². The molecule has 8 heteroatoms. The molecular formula is C23H22N4O3S. The molecule has 31 heavy (non-hydrogen) atoms. The number of amides is 1. The highest BCUT2D eigenvalue weighted by atomic mass is 32.2. The van der Waals surface area contributed by atoms with Crippen LogP contribution in [0, 0.1) is 0 Å². The molecular weight excluding hydrogens is 412 g/mol. The predicted octanol–water partition coefficient (Wildman–Crippen LogP) is 3.00. The summed E-state index contributed by atoms with van der Waals surface area (Å²) < 4.78 is 0.813. The molecule has 0 radical (unpaired) electrons. The van der Waals surface area contributed by atoms with Gasteiger partial charge in [0, 0.05) is 12.1 Å². The van der Waals surface area contributed by atoms with Crippen LogP contribution in [0.2, 0.25) is 0 Å². The molecule has 3 atom stereocenters. The van der Waals surface area contributed by atoms with Gasteiger partial charge in [0.25, 0.3) is 0 Å². The van der Waals surface area contributed by atoms with E-state index in [1.807, 2.05) is 67.6 Å². The van der Waals surface area contributed by atoms with E-state index in [-0.39, 0.29) is 11.3 Å². The third kappa shape index (κ3) is 2.81. The molecule has 3 unspecified atom stereocenters. The van der Waals surface area contributed by atoms with E-state index < -0.39 is 22.2 Å². The number of carboxylic acid groups (broad SMARTS) is 1. The van der Waals surface area contributed by atoms with Crippen molar-refractivity contribution in [3.8, 4) is 0 Å². The molecule has 3 aromatic rings. The topological polar surface area (TPSA) is 88.3 Å². The van der Waals surface area contributed by atoms with Gasteiger partial charge in [-0.3, -0.25) is 9.48 Å². The normalized spacial score (nSPS) is 27.2. The number of carbonyl (C=O) groups excluding carboxylic acids is 1. The van der Waals surface area contributed by atoms with Gasteiger partial charge in [-0.2, -0.15) is 0 Å². The number of carboxylic acids is 1. The molecule has 158 valence electrons. The van der Waals surface area contributed by atoms with E-state index in [1.54, 1.807) is 33.7 Å². The number of benzene rings is 2. The van der Waals surface area contributed by atoms with Crippen molar-refractivity contribution in [3.63, 3.8) is 0 Å². The summed E-state index contributed by atoms with van der Waals surface area (Å²) in [6, 6.07) is 19.2. The largest absolute Gasteiger partial charge is 0.479 e. The first-order valence-electron chi connectivity index (χ1n) is 10.1. The average molecular weight is 435 g/mol. The summed E-state index contributed by atoms with van der Waals surface area (Å²) in [7, 11) is 0. The van der Waals surface area contributed by atoms with E-state index in [2.05, 4.69) is 10.3 Å². The van der Waals surface area contributed by atoms with E-state index in [4.69, 9.17) is 0 Å². The molecule has 0 aliphatic carbocycles. The number of hydrogen-bond donors (Lipinski definition) is 1. The monoisotopic (exact) mass is 434 g/mol. The number of β-lactam (4-membered cyclic amide) rings is 1. The van der Waals surface area contributed by atoms with Gasteiger partial charge in [0.05, 0.1) is 29.3 Å². The molecule has 1 N–H and O–H groups in total. The van der Waals surface area contributed by atoms with Crippen LogP contribution in [0.4, 0.5) is 0 Å². The molecule has 7 nitrogen and oxygen atoms in total. The highest BCUT2D eigenvalue weighted by Gasteiger charge is 2.74. The zero-order chi connectivity index (χ0) is 21.6. The van der Waals surface area contributed by atoms with Crippen molar-refractivity contribution in [2.24, 2.45) is 0 Å². The van der Waals surface area contributed by atoms with Crippen LogP contribution in [0.1, 0.15) is 30.4 Å². The van der Waals surface area contributed by atoms with Crippen LogP contribution in [-0.2, 0) is 16.1 Å². The SMILES string of the molecule is CC1(Cn2ccnn2)SC2CC(=O)N2C1(C(=O)O)C(c1ccccc1)c1ccccc1. The van der Waals surface area contributed by atoms with E-state index in [9.17, 15) is 14.7 Å². The van der Waals surface area contributed by atoms with Crippen LogP contribution < -0.4 is 0 Å². The summed E-state index contributed by atoms with van der Waals surface area (Å²) in [6.45, 7) is 2.26. The number of rotatable bonds is 6. The standard InChI is InChI=1S/C23H22N4O3S/c1-22(15-26-13-12-24-25-26)23(21(29)30,27-18(28)14-19(27)31-22)20(16-8-4-2-5-9-16)17-10-6-3-7-11-17/h2-13,19-20H,14-15H2,1H3,(H,29,30). The Labute approximate surface area is 184 Å². The summed E-state index contributed by atoms with van der Waals surface area (Å²) >= 11 is 1.55. The van der Waals surface area contributed by atoms with Gasteiger partial charge in [-0.25, -0.2) is 4.79 Å². The highest BCUT2D eigenvalue weighted by Crippen LogP contribution is 2.63. The second-order valence-corrected chi connectivity index (χ2v) is 9.88. The first-order chi connectivity index (χ1) is 15.0. The van der Waals surface area contributed by atoms with Gasteiger partial charge >= 0.3 is 5.97 Å². The lowest BCUT2D eigenvalue weighted by Gasteiger charge is -2.51. The fourth-order valence-electron chi connectivity index (χ4n) is 5.20. The zero-order valence-corrected chi connectivity index (χ0v) is 17.8. The van der Waals surface area contributed by atoms with Gasteiger partial charge in [-0.05, 0) is 18.1 Å². The van der Waals surface area contributed by atoms with Crippen molar-refractivity contribution < 1.29 is 14.7 Å². The highest BCUT2D eigenvalue weighted by molar-refractivity contribution is 8.01. The third-order valence-corrected chi connectivity index (χ3v) is 8.04. The molecule has 0 saturated carbocycles. The number of aromatic nitrogens is 3. The second kappa shape index (κ2) is 7.23. The first kappa shape index (κ1) is 19.8. The van der Waals surface area contributed by atoms with Gasteiger partial charge in [-0.1, -0.05) is 65.9 Å². The molecule has 0 spiro atoms. The van der Waals surface area contributed by atoms with Gasteiger partial charge in [-0.15, -0.1) is 16.9 Å². The minimum absolute atomic E-state index is 0.126. The number of carbonyl (C=O) groups is 2. The lowest BCUT2D eigenvalue weighted by atomic mass is 9.66. The number of fused-ring (bicyclic) bond motifs is 1. The van der Waals surface area contributed by atoms with E-state index in [0.717, 1.165) is 11.1 Å². The van der Waals surface area contributed by atoms with Crippen molar-refractivity contribution in [1.82, 2.24) is 19.9 Å². The molecule has 2 aliphatic rings. The molecule has 1 aromatic heterocycles. The van der Waals surface area contributed by atoms with E-state index in [0.29, 0.717) is 13.0 Å². The number of aliphatic carboxylic acids is 1. The average Bonchev–Trinajstić information content (AvgIpc) is 3.33. The Morgan fingerprint density at radius 2 is 1.77 bits per heavy atom. The maximum absolute atomic E-state index is 13.3. The van der Waals surface area contributed by atoms with Crippen molar-refractivity contribution in [2.45, 2.75) is 41.5 Å². The molecule has 3 heterocycles. The molecule has 2 aliphatic heterocycles. The van der Waals surface area contributed by atoms with Crippen LogP contribution >= 0.6 is 11.8 Å². The van der Waals surface area contributed by atoms with E-state index >= 15 is 0 Å². The number of nitrogens with zero attached hydrogens (tertiary/aromatic N) is 4. The van der Waals surface area contributed by atoms with Crippen molar-refractivity contribution >= 4 is 23.6 Å². The maximum atomic E-state index is 13.3. The van der Waals surface area contributed by atoms with Crippen LogP contribution in [0.25, 0.3) is 0 Å². The molecule has 2 aromatic carbocycles. The summed E-state index contributed by atoms with van der Waals surface area (Å²) in [6.07, 6.45) is 3.66. The van der Waals surface area contributed by atoms with Gasteiger partial charge < -0.3 is 10.0 Å². The van der Waals surface area contributed by atoms with E-state index in [1.165, 1.54) is 0 Å². The molecule has 2 fully saturated rings. The Hall–Kier alpha value is -3.13. The van der Waals surface area contributed by atoms with Gasteiger partial charge in [0.15, 0.2) is 5.54 Å². The summed E-state index contributed by atoms with van der Waals surface area (Å²) in [4.78, 5) is 27.9. The Kier molecular flexibility index (Phi) is 4.62. The zero-order valence-electron chi connectivity index (χ0n) is 17.0. The van der Waals surface area contributed by atoms with Crippen LogP contribution in [0.15, 0.2) is 73.1 Å². The molecule has 5 rings (SSSR count). The Balaban J connectivity index is 1.78. The van der Waals surface area contributed by atoms with Crippen LogP contribution in [-0.4, -0.2) is 52.5 Å². The first-order valence-corrected chi connectivity index (χ1v) is 11.0. The fraction of sp³-hybridized carbons (Fsp3) is 0.304. The number of thioether (sulfide) groups is 1. The minimum Gasteiger partial charge on any atom is -0.479 e. The Bertz CT molecular complexity index is 1070. The molecule has 0 bridgehead atoms. The Morgan fingerprint density at radius 3 is 2.26 bits per heavy atom. The number of hydrogen-bond acceptors (Lipinski definition) is 5. The third-order valence-electron chi connectivity index (χ3n) is 6.43. The van der Waals surface area contributed by atoms with Crippen molar-refractivity contribution in [3.05, 3.63) is 84.2 Å². The van der Waals surface area contributed by atoms with Crippen molar-refractivity contribution in [2.75, 3.05) is 0 Å².